The number of hydrogen-bond donors (Lipinski definition) is 2. The normalized spacial score (nSPS) is 10.4. The molecule has 0 saturated carbocycles. The average molecular weight is 318 g/mol. The highest BCUT2D eigenvalue weighted by Gasteiger charge is 2.10. The molecule has 0 radical (unpaired) electrons. The van der Waals surface area contributed by atoms with E-state index >= 15 is 0 Å². The highest BCUT2D eigenvalue weighted by atomic mass is 16.4. The van der Waals surface area contributed by atoms with Crippen molar-refractivity contribution in [3.63, 3.8) is 0 Å². The number of aromatic nitrogens is 1. The van der Waals surface area contributed by atoms with Crippen LogP contribution in [0.15, 0.2) is 66.9 Å². The van der Waals surface area contributed by atoms with E-state index in [4.69, 9.17) is 0 Å². The number of rotatable bonds is 5. The van der Waals surface area contributed by atoms with Crippen molar-refractivity contribution in [2.75, 3.05) is 5.32 Å². The van der Waals surface area contributed by atoms with Crippen LogP contribution in [0.5, 0.6) is 0 Å². The Bertz CT molecular complexity index is 861. The lowest BCUT2D eigenvalue weighted by molar-refractivity contribution is 0.0696. The van der Waals surface area contributed by atoms with Crippen molar-refractivity contribution in [3.8, 4) is 0 Å². The van der Waals surface area contributed by atoms with Crippen LogP contribution in [-0.4, -0.2) is 16.1 Å². The van der Waals surface area contributed by atoms with E-state index in [1.165, 1.54) is 5.56 Å². The second-order valence-corrected chi connectivity index (χ2v) is 5.62. The maximum atomic E-state index is 11.2. The van der Waals surface area contributed by atoms with Gasteiger partial charge in [-0.1, -0.05) is 36.4 Å². The molecule has 3 aromatic rings. The number of carboxylic acid groups (broad SMARTS) is 1. The SMILES string of the molecule is Cc1c(Nc2cc(Cc3ccccc3)ccn2)cccc1C(=O)O. The minimum atomic E-state index is -0.929. The molecule has 0 fully saturated rings. The van der Waals surface area contributed by atoms with Crippen LogP contribution in [-0.2, 0) is 6.42 Å². The van der Waals surface area contributed by atoms with Crippen LogP contribution in [0, 0.1) is 6.92 Å². The predicted molar refractivity (Wildman–Crippen MR) is 94.9 cm³/mol. The molecule has 3 rings (SSSR count). The van der Waals surface area contributed by atoms with Crippen LogP contribution in [0.4, 0.5) is 11.5 Å². The summed E-state index contributed by atoms with van der Waals surface area (Å²) in [5, 5.41) is 12.4. The molecule has 24 heavy (non-hydrogen) atoms. The first-order chi connectivity index (χ1) is 11.6. The largest absolute Gasteiger partial charge is 0.478 e. The fraction of sp³-hybridized carbons (Fsp3) is 0.100. The zero-order valence-corrected chi connectivity index (χ0v) is 13.4. The number of benzene rings is 2. The maximum Gasteiger partial charge on any atom is 0.336 e. The molecule has 0 aliphatic heterocycles. The van der Waals surface area contributed by atoms with Gasteiger partial charge in [0.25, 0.3) is 0 Å². The van der Waals surface area contributed by atoms with Gasteiger partial charge < -0.3 is 10.4 Å². The van der Waals surface area contributed by atoms with Crippen molar-refractivity contribution in [2.45, 2.75) is 13.3 Å². The van der Waals surface area contributed by atoms with Crippen molar-refractivity contribution in [1.29, 1.82) is 0 Å². The number of nitrogens with one attached hydrogen (secondary N) is 1. The molecular weight excluding hydrogens is 300 g/mol. The maximum absolute atomic E-state index is 11.2. The smallest absolute Gasteiger partial charge is 0.336 e. The van der Waals surface area contributed by atoms with E-state index in [9.17, 15) is 9.90 Å². The highest BCUT2D eigenvalue weighted by Crippen LogP contribution is 2.23. The van der Waals surface area contributed by atoms with E-state index in [0.717, 1.165) is 17.7 Å². The van der Waals surface area contributed by atoms with Gasteiger partial charge in [-0.3, -0.25) is 0 Å². The molecule has 120 valence electrons. The Labute approximate surface area is 140 Å². The summed E-state index contributed by atoms with van der Waals surface area (Å²) in [6, 6.07) is 19.4. The molecule has 0 aliphatic rings. The van der Waals surface area contributed by atoms with Crippen molar-refractivity contribution >= 4 is 17.5 Å². The van der Waals surface area contributed by atoms with Crippen LogP contribution in [0.2, 0.25) is 0 Å². The Morgan fingerprint density at radius 3 is 2.58 bits per heavy atom. The van der Waals surface area contributed by atoms with Gasteiger partial charge in [0, 0.05) is 11.9 Å². The van der Waals surface area contributed by atoms with Crippen LogP contribution in [0.25, 0.3) is 0 Å². The van der Waals surface area contributed by atoms with Gasteiger partial charge >= 0.3 is 5.97 Å². The third-order valence-electron chi connectivity index (χ3n) is 3.90. The van der Waals surface area contributed by atoms with Crippen molar-refractivity contribution in [1.82, 2.24) is 4.98 Å². The third-order valence-corrected chi connectivity index (χ3v) is 3.90. The van der Waals surface area contributed by atoms with E-state index in [0.29, 0.717) is 16.9 Å². The van der Waals surface area contributed by atoms with E-state index in [2.05, 4.69) is 22.4 Å². The molecule has 0 aliphatic carbocycles. The monoisotopic (exact) mass is 318 g/mol. The number of nitrogens with zero attached hydrogens (tertiary/aromatic N) is 1. The fourth-order valence-electron chi connectivity index (χ4n) is 2.62. The molecule has 1 heterocycles. The number of anilines is 2. The first-order valence-corrected chi connectivity index (χ1v) is 7.72. The molecule has 1 aromatic heterocycles. The van der Waals surface area contributed by atoms with Crippen LogP contribution in [0.3, 0.4) is 0 Å². The zero-order valence-electron chi connectivity index (χ0n) is 13.4. The first-order valence-electron chi connectivity index (χ1n) is 7.72. The number of aromatic carboxylic acids is 1. The van der Waals surface area contributed by atoms with Gasteiger partial charge in [-0.05, 0) is 54.3 Å². The first kappa shape index (κ1) is 15.7. The average Bonchev–Trinajstić information content (AvgIpc) is 2.58. The van der Waals surface area contributed by atoms with E-state index < -0.39 is 5.97 Å². The number of carbonyl (C=O) groups is 1. The van der Waals surface area contributed by atoms with Gasteiger partial charge in [0.1, 0.15) is 5.82 Å². The van der Waals surface area contributed by atoms with Crippen molar-refractivity contribution in [3.05, 3.63) is 89.1 Å². The summed E-state index contributed by atoms with van der Waals surface area (Å²) in [4.78, 5) is 15.6. The lowest BCUT2D eigenvalue weighted by Gasteiger charge is -2.12. The number of pyridine rings is 1. The van der Waals surface area contributed by atoms with Crippen LogP contribution < -0.4 is 5.32 Å². The summed E-state index contributed by atoms with van der Waals surface area (Å²) in [5.41, 5.74) is 4.12. The quantitative estimate of drug-likeness (QED) is 0.731. The zero-order chi connectivity index (χ0) is 16.9. The van der Waals surface area contributed by atoms with Gasteiger partial charge in [-0.2, -0.15) is 0 Å². The second-order valence-electron chi connectivity index (χ2n) is 5.62. The Hall–Kier alpha value is -3.14. The van der Waals surface area contributed by atoms with E-state index in [-0.39, 0.29) is 0 Å². The Balaban J connectivity index is 1.83. The highest BCUT2D eigenvalue weighted by molar-refractivity contribution is 5.91. The number of carboxylic acids is 1. The lowest BCUT2D eigenvalue weighted by Crippen LogP contribution is -2.03. The van der Waals surface area contributed by atoms with E-state index in [1.54, 1.807) is 25.3 Å². The molecule has 4 nitrogen and oxygen atoms in total. The summed E-state index contributed by atoms with van der Waals surface area (Å²) in [6.07, 6.45) is 2.59. The minimum Gasteiger partial charge on any atom is -0.478 e. The molecular formula is C20H18N2O2. The molecule has 2 N–H and O–H groups in total. The second kappa shape index (κ2) is 6.96. The van der Waals surface area contributed by atoms with Crippen LogP contribution >= 0.6 is 0 Å². The summed E-state index contributed by atoms with van der Waals surface area (Å²) < 4.78 is 0. The van der Waals surface area contributed by atoms with Crippen molar-refractivity contribution < 1.29 is 9.90 Å². The minimum absolute atomic E-state index is 0.292. The number of hydrogen-bond acceptors (Lipinski definition) is 3. The molecule has 0 bridgehead atoms. The van der Waals surface area contributed by atoms with Gasteiger partial charge in [0.15, 0.2) is 0 Å². The van der Waals surface area contributed by atoms with Gasteiger partial charge in [0.2, 0.25) is 0 Å². The third kappa shape index (κ3) is 3.60. The Morgan fingerprint density at radius 1 is 1.04 bits per heavy atom. The molecule has 2 aromatic carbocycles. The van der Waals surface area contributed by atoms with Gasteiger partial charge in [0.05, 0.1) is 5.56 Å². The fourth-order valence-corrected chi connectivity index (χ4v) is 2.62. The Morgan fingerprint density at radius 2 is 1.83 bits per heavy atom. The molecule has 0 unspecified atom stereocenters. The standard InChI is InChI=1S/C20H18N2O2/c1-14-17(20(23)24)8-5-9-18(14)22-19-13-16(10-11-21-19)12-15-6-3-2-4-7-15/h2-11,13H,12H2,1H3,(H,21,22)(H,23,24). The molecule has 0 saturated heterocycles. The molecule has 4 heteroatoms. The lowest BCUT2D eigenvalue weighted by atomic mass is 10.1. The topological polar surface area (TPSA) is 62.2 Å². The van der Waals surface area contributed by atoms with E-state index in [1.807, 2.05) is 36.4 Å². The Kier molecular flexibility index (Phi) is 4.57. The summed E-state index contributed by atoms with van der Waals surface area (Å²) >= 11 is 0. The van der Waals surface area contributed by atoms with Crippen LogP contribution in [0.1, 0.15) is 27.0 Å². The van der Waals surface area contributed by atoms with Gasteiger partial charge in [-0.15, -0.1) is 0 Å². The summed E-state index contributed by atoms with van der Waals surface area (Å²) in [5.74, 6) is -0.226. The molecule has 0 spiro atoms. The summed E-state index contributed by atoms with van der Waals surface area (Å²) in [6.45, 7) is 1.79. The molecule has 0 atom stereocenters. The van der Waals surface area contributed by atoms with Crippen molar-refractivity contribution in [2.24, 2.45) is 0 Å². The van der Waals surface area contributed by atoms with Gasteiger partial charge in [-0.25, -0.2) is 9.78 Å². The predicted octanol–water partition coefficient (Wildman–Crippen LogP) is 4.42. The molecule has 0 amide bonds. The summed E-state index contributed by atoms with van der Waals surface area (Å²) in [7, 11) is 0.